The van der Waals surface area contributed by atoms with Gasteiger partial charge in [0.25, 0.3) is 0 Å². The maximum absolute atomic E-state index is 6.01. The van der Waals surface area contributed by atoms with E-state index in [4.69, 9.17) is 4.43 Å². The second-order valence-electron chi connectivity index (χ2n) is 6.11. The van der Waals surface area contributed by atoms with Gasteiger partial charge in [-0.3, -0.25) is 0 Å². The lowest BCUT2D eigenvalue weighted by atomic mass is 10.2. The van der Waals surface area contributed by atoms with Crippen molar-refractivity contribution in [1.82, 2.24) is 0 Å². The number of hydrogen-bond donors (Lipinski definition) is 0. The van der Waals surface area contributed by atoms with Crippen molar-refractivity contribution in [3.8, 4) is 0 Å². The molecule has 1 nitrogen and oxygen atoms in total. The van der Waals surface area contributed by atoms with Crippen LogP contribution in [0.15, 0.2) is 30.3 Å². The fraction of sp³-hybridized carbons (Fsp3) is 0.538. The molecule has 0 aromatic heterocycles. The van der Waals surface area contributed by atoms with Gasteiger partial charge in [0.15, 0.2) is 9.28 Å². The van der Waals surface area contributed by atoms with Crippen molar-refractivity contribution in [2.45, 2.75) is 45.5 Å². The minimum absolute atomic E-state index is 0.370. The standard InChI is InChI=1S/C13H24OSi2/c1-13(2,3)16(4,5)15-14-11-12-9-7-6-8-10-12/h6-10H,11,15H2,1-5H3. The molecule has 0 heterocycles. The predicted molar refractivity (Wildman–Crippen MR) is 77.0 cm³/mol. The van der Waals surface area contributed by atoms with Crippen LogP contribution < -0.4 is 0 Å². The van der Waals surface area contributed by atoms with Gasteiger partial charge in [0.05, 0.1) is 14.2 Å². The zero-order valence-electron chi connectivity index (χ0n) is 11.2. The monoisotopic (exact) mass is 252 g/mol. The Morgan fingerprint density at radius 2 is 1.69 bits per heavy atom. The lowest BCUT2D eigenvalue weighted by molar-refractivity contribution is 0.331. The summed E-state index contributed by atoms with van der Waals surface area (Å²) in [5, 5.41) is 0.468. The second kappa shape index (κ2) is 5.30. The van der Waals surface area contributed by atoms with Crippen LogP contribution in [0.3, 0.4) is 0 Å². The summed E-state index contributed by atoms with van der Waals surface area (Å²) in [4.78, 5) is 0. The van der Waals surface area contributed by atoms with Crippen molar-refractivity contribution in [3.63, 3.8) is 0 Å². The molecule has 0 aliphatic heterocycles. The van der Waals surface area contributed by atoms with E-state index in [1.807, 2.05) is 0 Å². The van der Waals surface area contributed by atoms with E-state index in [0.717, 1.165) is 6.61 Å². The highest BCUT2D eigenvalue weighted by atomic mass is 29.2. The number of hydrogen-bond acceptors (Lipinski definition) is 1. The molecular weight excluding hydrogens is 228 g/mol. The number of rotatable bonds is 4. The van der Waals surface area contributed by atoms with Gasteiger partial charge in [0.1, 0.15) is 0 Å². The zero-order valence-corrected chi connectivity index (χ0v) is 13.6. The molecule has 16 heavy (non-hydrogen) atoms. The summed E-state index contributed by atoms with van der Waals surface area (Å²) < 4.78 is 6.01. The summed E-state index contributed by atoms with van der Waals surface area (Å²) in [6, 6.07) is 10.5. The first-order chi connectivity index (χ1) is 7.33. The van der Waals surface area contributed by atoms with E-state index in [1.54, 1.807) is 0 Å². The highest BCUT2D eigenvalue weighted by molar-refractivity contribution is 7.22. The Balaban J connectivity index is 2.42. The third-order valence-corrected chi connectivity index (χ3v) is 14.8. The first kappa shape index (κ1) is 13.7. The van der Waals surface area contributed by atoms with Crippen molar-refractivity contribution >= 4 is 16.9 Å². The van der Waals surface area contributed by atoms with Gasteiger partial charge in [-0.1, -0.05) is 64.2 Å². The highest BCUT2D eigenvalue weighted by Gasteiger charge is 2.35. The zero-order chi connectivity index (χ0) is 12.2. The fourth-order valence-electron chi connectivity index (χ4n) is 1.21. The van der Waals surface area contributed by atoms with Crippen LogP contribution in [-0.4, -0.2) is 16.9 Å². The van der Waals surface area contributed by atoms with E-state index < -0.39 is 7.59 Å². The maximum Gasteiger partial charge on any atom is 0.151 e. The van der Waals surface area contributed by atoms with Gasteiger partial charge in [-0.2, -0.15) is 0 Å². The molecule has 0 N–H and O–H groups in total. The van der Waals surface area contributed by atoms with Crippen molar-refractivity contribution in [3.05, 3.63) is 35.9 Å². The summed E-state index contributed by atoms with van der Waals surface area (Å²) in [7, 11) is -1.51. The first-order valence-corrected chi connectivity index (χ1v) is 11.9. The van der Waals surface area contributed by atoms with Crippen LogP contribution in [0.5, 0.6) is 0 Å². The summed E-state index contributed by atoms with van der Waals surface area (Å²) in [6.45, 7) is 12.8. The largest absolute Gasteiger partial charge is 0.423 e. The van der Waals surface area contributed by atoms with E-state index in [-0.39, 0.29) is 9.28 Å². The van der Waals surface area contributed by atoms with Gasteiger partial charge < -0.3 is 4.43 Å². The molecule has 1 aromatic rings. The third-order valence-electron chi connectivity index (χ3n) is 3.60. The molecule has 0 spiro atoms. The average Bonchev–Trinajstić information content (AvgIpc) is 2.17. The molecule has 0 fully saturated rings. The molecule has 0 atom stereocenters. The summed E-state index contributed by atoms with van der Waals surface area (Å²) in [5.41, 5.74) is 1.30. The Hall–Kier alpha value is -0.386. The molecule has 0 amide bonds. The summed E-state index contributed by atoms with van der Waals surface area (Å²) in [6.07, 6.45) is 0. The average molecular weight is 253 g/mol. The van der Waals surface area contributed by atoms with Gasteiger partial charge in [-0.05, 0) is 10.6 Å². The Bertz CT molecular complexity index is 314. The summed E-state index contributed by atoms with van der Waals surface area (Å²) >= 11 is 0. The molecular formula is C13H24OSi2. The van der Waals surface area contributed by atoms with E-state index >= 15 is 0 Å². The molecule has 3 heteroatoms. The molecule has 1 aromatic carbocycles. The van der Waals surface area contributed by atoms with Crippen LogP contribution in [0.2, 0.25) is 18.1 Å². The van der Waals surface area contributed by atoms with Crippen molar-refractivity contribution in [1.29, 1.82) is 0 Å². The maximum atomic E-state index is 6.01. The predicted octanol–water partition coefficient (Wildman–Crippen LogP) is 3.29. The van der Waals surface area contributed by atoms with Crippen LogP contribution >= 0.6 is 0 Å². The van der Waals surface area contributed by atoms with Crippen LogP contribution in [0.25, 0.3) is 0 Å². The quantitative estimate of drug-likeness (QED) is 0.747. The van der Waals surface area contributed by atoms with Crippen LogP contribution in [0.4, 0.5) is 0 Å². The van der Waals surface area contributed by atoms with Gasteiger partial charge in [0, 0.05) is 0 Å². The molecule has 0 saturated heterocycles. The van der Waals surface area contributed by atoms with Crippen LogP contribution in [-0.2, 0) is 11.0 Å². The topological polar surface area (TPSA) is 9.23 Å². The summed E-state index contributed by atoms with van der Waals surface area (Å²) in [5.74, 6) is 0. The normalized spacial score (nSPS) is 13.6. The van der Waals surface area contributed by atoms with Crippen molar-refractivity contribution in [2.24, 2.45) is 0 Å². The lowest BCUT2D eigenvalue weighted by Crippen LogP contribution is -2.45. The molecule has 0 saturated carbocycles. The van der Waals surface area contributed by atoms with E-state index in [1.165, 1.54) is 5.56 Å². The van der Waals surface area contributed by atoms with E-state index in [2.05, 4.69) is 64.2 Å². The van der Waals surface area contributed by atoms with Gasteiger partial charge in [-0.15, -0.1) is 0 Å². The highest BCUT2D eigenvalue weighted by Crippen LogP contribution is 2.34. The van der Waals surface area contributed by atoms with Gasteiger partial charge in [0.2, 0.25) is 0 Å². The fourth-order valence-corrected chi connectivity index (χ4v) is 5.63. The molecule has 90 valence electrons. The van der Waals surface area contributed by atoms with E-state index in [0.29, 0.717) is 5.04 Å². The van der Waals surface area contributed by atoms with Crippen molar-refractivity contribution < 1.29 is 4.43 Å². The Labute approximate surface area is 103 Å². The Morgan fingerprint density at radius 1 is 1.12 bits per heavy atom. The Kier molecular flexibility index (Phi) is 4.53. The molecule has 0 aliphatic rings. The third kappa shape index (κ3) is 3.88. The van der Waals surface area contributed by atoms with Gasteiger partial charge >= 0.3 is 0 Å². The van der Waals surface area contributed by atoms with E-state index in [9.17, 15) is 0 Å². The van der Waals surface area contributed by atoms with Gasteiger partial charge in [-0.25, -0.2) is 0 Å². The minimum atomic E-state index is -1.14. The number of benzene rings is 1. The second-order valence-corrected chi connectivity index (χ2v) is 18.2. The Morgan fingerprint density at radius 3 is 2.19 bits per heavy atom. The van der Waals surface area contributed by atoms with Crippen LogP contribution in [0, 0.1) is 0 Å². The van der Waals surface area contributed by atoms with Crippen molar-refractivity contribution in [2.75, 3.05) is 0 Å². The smallest absolute Gasteiger partial charge is 0.151 e. The molecule has 0 aliphatic carbocycles. The first-order valence-electron chi connectivity index (χ1n) is 5.95. The minimum Gasteiger partial charge on any atom is -0.423 e. The molecule has 0 bridgehead atoms. The molecule has 1 rings (SSSR count). The van der Waals surface area contributed by atoms with Crippen LogP contribution in [0.1, 0.15) is 26.3 Å². The molecule has 0 unspecified atom stereocenters. The molecule has 0 radical (unpaired) electrons. The SMILES string of the molecule is CC(C)(C)[Si](C)(C)[SiH2]OCc1ccccc1. The lowest BCUT2D eigenvalue weighted by Gasteiger charge is -2.36.